The second kappa shape index (κ2) is 39.2. The summed E-state index contributed by atoms with van der Waals surface area (Å²) in [4.78, 5) is 66.7. The summed E-state index contributed by atoms with van der Waals surface area (Å²) in [6, 6.07) is 24.3. The average Bonchev–Trinajstić information content (AvgIpc) is 1.78. The van der Waals surface area contributed by atoms with Crippen molar-refractivity contribution in [2.24, 2.45) is 0 Å². The fourth-order valence-electron chi connectivity index (χ4n) is 9.07. The molecule has 103 heavy (non-hydrogen) atoms. The summed E-state index contributed by atoms with van der Waals surface area (Å²) in [6.07, 6.45) is 16.1. The van der Waals surface area contributed by atoms with E-state index in [2.05, 4.69) is 79.8 Å². The van der Waals surface area contributed by atoms with Crippen LogP contribution in [0.25, 0.3) is 40.2 Å². The molecule has 556 valence electrons. The number of carboxylic acid groups (broad SMARTS) is 1. The molecule has 0 fully saturated rings. The molecule has 0 aliphatic rings. The number of aromatic nitrogens is 5. The number of nitrogens with zero attached hydrogens (tertiary/aromatic N) is 6. The van der Waals surface area contributed by atoms with Gasteiger partial charge in [0.25, 0.3) is 0 Å². The third-order valence-corrected chi connectivity index (χ3v) is 15.1. The van der Waals surface area contributed by atoms with E-state index in [4.69, 9.17) is 47.3 Å². The fraction of sp³-hybridized carbons (Fsp3) is 0.320. The zero-order valence-corrected chi connectivity index (χ0v) is 64.0. The van der Waals surface area contributed by atoms with Crippen molar-refractivity contribution in [3.8, 4) is 0 Å². The molecule has 0 atom stereocenters. The van der Waals surface area contributed by atoms with Gasteiger partial charge in [-0.15, -0.1) is 12.4 Å². The number of nitrogens with two attached hydrogens (primary N) is 5. The second-order valence-corrected chi connectivity index (χ2v) is 27.7. The summed E-state index contributed by atoms with van der Waals surface area (Å²) < 4.78 is 22.7. The molecule has 7 heterocycles. The Kier molecular flexibility index (Phi) is 34.0. The Balaban J connectivity index is 0.000000431. The van der Waals surface area contributed by atoms with Gasteiger partial charge in [0.2, 0.25) is 5.91 Å². The zero-order valence-electron chi connectivity index (χ0n) is 60.0. The SMILES string of the molecule is C.CC(C)(C)OC(=O)/C=C/c1cnc(N)c(C(C)(C)O)c1.CC(C)(O)c1cc(/C=C/C(=O)O)cnc1N.CC(C)(O)c1cc(Br)cnc1N.CNCc1oc2ccccc2c1C.COC(=O)c1cc(Br)cnc1N.Cc1c(CN(C)C(=O)/C=C/c2cnc(N)c(C(C)(C)O)c2)oc2ccccc12.Cl. The largest absolute Gasteiger partial charge is 0.478 e. The van der Waals surface area contributed by atoms with Gasteiger partial charge in [-0.1, -0.05) is 43.8 Å². The van der Waals surface area contributed by atoms with Crippen molar-refractivity contribution in [3.05, 3.63) is 204 Å². The van der Waals surface area contributed by atoms with Crippen LogP contribution in [0.5, 0.6) is 0 Å². The standard InChI is InChI=1S/C22H25N3O3.C15H22N2O3.C11H14N2O3.C11H13NO.C8H11BrN2O.C7H7BrN2O2.CH4.ClH/c1-14-16-7-5-6-8-18(16)28-19(14)13-25(4)20(26)10-9-15-11-17(22(2,3)27)21(23)24-12-15;1-14(2,3)20-12(18)7-6-10-8-11(15(4,5)19)13(16)17-9-10;1-11(2,16)8-5-7(3-4-9(14)15)6-13-10(8)12;1-8-9-5-3-4-6-10(9)13-11(8)7-12-2;1-8(2,12)6-3-5(9)4-11-7(6)10;1-12-7(11)5-2-4(8)3-10-6(5)9;;/h5-12,27H,13H2,1-4H3,(H2,23,24);6-9,19H,1-5H3,(H2,16,17);3-6,16H,1-2H3,(H2,12,13)(H,14,15);3-6,12H,7H2,1-2H3;3-4,12H,1-2H3,(H2,10,11);2-3H,1H3,(H2,9,10);1H4;1H/b10-9+;7-6+;4-3+;;;;;. The smallest absolute Gasteiger partial charge is 0.341 e. The Morgan fingerprint density at radius 2 is 0.913 bits per heavy atom. The number of aliphatic hydroxyl groups is 4. The van der Waals surface area contributed by atoms with Gasteiger partial charge in [-0.3, -0.25) is 4.79 Å². The number of amides is 1. The number of halogens is 3. The number of para-hydroxylation sites is 2. The molecule has 0 saturated carbocycles. The predicted molar refractivity (Wildman–Crippen MR) is 417 cm³/mol. The molecule has 0 bridgehead atoms. The number of nitrogen functional groups attached to an aromatic ring is 5. The molecule has 0 saturated heterocycles. The first kappa shape index (κ1) is 89.5. The molecule has 2 aromatic carbocycles. The maximum Gasteiger partial charge on any atom is 0.341 e. The number of anilines is 5. The number of carbonyl (C=O) groups is 4. The highest BCUT2D eigenvalue weighted by atomic mass is 79.9. The third-order valence-electron chi connectivity index (χ3n) is 14.3. The van der Waals surface area contributed by atoms with E-state index >= 15 is 0 Å². The van der Waals surface area contributed by atoms with Gasteiger partial charge in [-0.2, -0.15) is 0 Å². The maximum absolute atomic E-state index is 12.5. The molecule has 7 aromatic heterocycles. The van der Waals surface area contributed by atoms with Crippen LogP contribution in [-0.2, 0) is 59.4 Å². The van der Waals surface area contributed by atoms with E-state index in [0.29, 0.717) is 55.8 Å². The normalized spacial score (nSPS) is 11.4. The summed E-state index contributed by atoms with van der Waals surface area (Å²) in [5, 5.41) is 53.5. The molecule has 9 rings (SSSR count). The van der Waals surface area contributed by atoms with Crippen LogP contribution in [0.4, 0.5) is 29.1 Å². The zero-order chi connectivity index (χ0) is 76.1. The Hall–Kier alpha value is -9.58. The van der Waals surface area contributed by atoms with Crippen LogP contribution in [0.2, 0.25) is 0 Å². The first-order chi connectivity index (χ1) is 46.8. The van der Waals surface area contributed by atoms with Crippen molar-refractivity contribution < 1.29 is 63.0 Å². The molecule has 28 heteroatoms. The Labute approximate surface area is 624 Å². The number of hydrogen-bond donors (Lipinski definition) is 11. The average molecular weight is 1570 g/mol. The van der Waals surface area contributed by atoms with Crippen LogP contribution >= 0.6 is 44.3 Å². The first-order valence-electron chi connectivity index (χ1n) is 31.3. The Morgan fingerprint density at radius 1 is 0.553 bits per heavy atom. The van der Waals surface area contributed by atoms with Crippen molar-refractivity contribution in [3.63, 3.8) is 0 Å². The number of carbonyl (C=O) groups excluding carboxylic acids is 3. The molecule has 0 spiro atoms. The number of rotatable bonds is 15. The molecule has 16 N–H and O–H groups in total. The molecule has 1 amide bonds. The summed E-state index contributed by atoms with van der Waals surface area (Å²) in [5.41, 5.74) is 31.8. The van der Waals surface area contributed by atoms with Crippen LogP contribution < -0.4 is 34.0 Å². The van der Waals surface area contributed by atoms with Crippen LogP contribution in [0.15, 0.2) is 146 Å². The van der Waals surface area contributed by atoms with Gasteiger partial charge in [0.05, 0.1) is 42.6 Å². The van der Waals surface area contributed by atoms with E-state index in [9.17, 15) is 39.6 Å². The van der Waals surface area contributed by atoms with E-state index in [-0.39, 0.29) is 54.6 Å². The van der Waals surface area contributed by atoms with Crippen molar-refractivity contribution >= 4 is 137 Å². The monoisotopic (exact) mass is 1570 g/mol. The summed E-state index contributed by atoms with van der Waals surface area (Å²) in [6.45, 7) is 23.7. The van der Waals surface area contributed by atoms with E-state index in [1.165, 1.54) is 54.9 Å². The highest BCUT2D eigenvalue weighted by molar-refractivity contribution is 9.10. The maximum atomic E-state index is 12.5. The lowest BCUT2D eigenvalue weighted by Gasteiger charge is -2.19. The summed E-state index contributed by atoms with van der Waals surface area (Å²) in [5.74, 6) is 0.993. The number of nitrogens with one attached hydrogen (secondary N) is 1. The minimum Gasteiger partial charge on any atom is -0.478 e. The third kappa shape index (κ3) is 28.6. The summed E-state index contributed by atoms with van der Waals surface area (Å²) >= 11 is 6.43. The number of benzene rings is 2. The molecule has 0 unspecified atom stereocenters. The molecule has 0 radical (unpaired) electrons. The molecular formula is C75H97Br2ClN12O13. The van der Waals surface area contributed by atoms with Gasteiger partial charge in [0.15, 0.2) is 0 Å². The van der Waals surface area contributed by atoms with E-state index in [0.717, 1.165) is 50.7 Å². The lowest BCUT2D eigenvalue weighted by molar-refractivity contribution is -0.148. The second-order valence-electron chi connectivity index (χ2n) is 25.9. The lowest BCUT2D eigenvalue weighted by Crippen LogP contribution is -2.24. The van der Waals surface area contributed by atoms with Gasteiger partial charge in [-0.25, -0.2) is 39.3 Å². The number of aryl methyl sites for hydroxylation is 2. The lowest BCUT2D eigenvalue weighted by atomic mass is 9.97. The van der Waals surface area contributed by atoms with E-state index in [1.807, 2.05) is 56.4 Å². The number of ether oxygens (including phenoxy) is 2. The number of hydrogen-bond acceptors (Lipinski definition) is 23. The van der Waals surface area contributed by atoms with E-state index in [1.54, 1.807) is 143 Å². The number of pyridine rings is 5. The highest BCUT2D eigenvalue weighted by Crippen LogP contribution is 2.31. The number of likely N-dealkylation sites (N-methyl/N-ethyl adjacent to an activating group) is 1. The van der Waals surface area contributed by atoms with E-state index < -0.39 is 45.9 Å². The molecular weight excluding hydrogens is 1470 g/mol. The molecule has 9 aromatic rings. The van der Waals surface area contributed by atoms with Gasteiger partial charge >= 0.3 is 17.9 Å². The highest BCUT2D eigenvalue weighted by Gasteiger charge is 2.24. The van der Waals surface area contributed by atoms with Crippen LogP contribution in [0.3, 0.4) is 0 Å². The fourth-order valence-corrected chi connectivity index (χ4v) is 9.73. The van der Waals surface area contributed by atoms with Gasteiger partial charge in [0, 0.05) is 104 Å². The number of methoxy groups -OCH3 is 1. The van der Waals surface area contributed by atoms with Crippen LogP contribution in [0.1, 0.15) is 156 Å². The number of aliphatic carboxylic acids is 1. The minimum atomic E-state index is -1.11. The van der Waals surface area contributed by atoms with Crippen molar-refractivity contribution in [2.45, 2.75) is 139 Å². The number of fused-ring (bicyclic) bond motifs is 2. The quantitative estimate of drug-likeness (QED) is 0.0335. The Morgan fingerprint density at radius 3 is 1.29 bits per heavy atom. The number of carboxylic acids is 1. The molecule has 25 nitrogen and oxygen atoms in total. The minimum absolute atomic E-state index is 0. The topological polar surface area (TPSA) is 424 Å². The van der Waals surface area contributed by atoms with Crippen molar-refractivity contribution in [2.75, 3.05) is 49.9 Å². The van der Waals surface area contributed by atoms with Gasteiger partial charge in [-0.05, 0) is 212 Å². The number of esters is 2. The van der Waals surface area contributed by atoms with Crippen LogP contribution in [-0.4, -0.2) is 106 Å². The summed E-state index contributed by atoms with van der Waals surface area (Å²) in [7, 11) is 4.94. The van der Waals surface area contributed by atoms with Gasteiger partial charge < -0.3 is 82.7 Å². The van der Waals surface area contributed by atoms with Crippen molar-refractivity contribution in [1.29, 1.82) is 0 Å². The van der Waals surface area contributed by atoms with Crippen LogP contribution in [0, 0.1) is 13.8 Å². The molecule has 0 aliphatic heterocycles. The molecule has 0 aliphatic carbocycles. The predicted octanol–water partition coefficient (Wildman–Crippen LogP) is 13.2. The Bertz CT molecular complexity index is 4430. The number of furan rings is 2. The van der Waals surface area contributed by atoms with Gasteiger partial charge in [0.1, 0.15) is 62.9 Å². The first-order valence-corrected chi connectivity index (χ1v) is 32.9. The van der Waals surface area contributed by atoms with Crippen molar-refractivity contribution in [1.82, 2.24) is 35.1 Å².